The Hall–Kier alpha value is -4.45. The maximum Gasteiger partial charge on any atom is 0.328 e. The molecule has 0 saturated carbocycles. The van der Waals surface area contributed by atoms with Gasteiger partial charge in [-0.25, -0.2) is 14.6 Å². The van der Waals surface area contributed by atoms with E-state index in [4.69, 9.17) is 20.4 Å². The zero-order chi connectivity index (χ0) is 24.7. The van der Waals surface area contributed by atoms with Crippen molar-refractivity contribution in [1.82, 2.24) is 25.1 Å². The van der Waals surface area contributed by atoms with E-state index in [0.717, 1.165) is 22.0 Å². The molecule has 6 N–H and O–H groups in total. The first kappa shape index (κ1) is 24.2. The minimum atomic E-state index is -1.26. The number of benzene rings is 1. The Labute approximate surface area is 193 Å². The summed E-state index contributed by atoms with van der Waals surface area (Å²) >= 11 is 0. The maximum absolute atomic E-state index is 12.4. The van der Waals surface area contributed by atoms with Crippen molar-refractivity contribution < 1.29 is 29.0 Å². The van der Waals surface area contributed by atoms with Gasteiger partial charge < -0.3 is 30.7 Å². The molecule has 0 aliphatic heterocycles. The van der Waals surface area contributed by atoms with Crippen LogP contribution in [0.25, 0.3) is 21.9 Å². The smallest absolute Gasteiger partial charge is 0.328 e. The molecule has 12 heteroatoms. The molecule has 1 atom stereocenters. The zero-order valence-electron chi connectivity index (χ0n) is 18.3. The molecule has 0 spiro atoms. The molecule has 1 aromatic carbocycles. The van der Waals surface area contributed by atoms with Crippen molar-refractivity contribution in [3.8, 4) is 0 Å². The second-order valence-electron chi connectivity index (χ2n) is 7.42. The summed E-state index contributed by atoms with van der Waals surface area (Å²) in [6.07, 6.45) is 6.95. The Morgan fingerprint density at radius 2 is 1.97 bits per heavy atom. The standard InChI is InChI=1S/C18H20N6O2.C4H4O4/c1-11(19)9-24-17-12(7-23-24)2-3-15-14(17)6-16(26-15)18(25)21-5-4-13-8-20-10-22-13;5-3(6)1-2-4(7)8/h2-3,6-8,10-11H,4-5,9,19H2,1H3,(H,20,22)(H,21,25);1-2H,(H,5,6)(H,7,8)/b;2-1+/t11-;/m0./s1. The van der Waals surface area contributed by atoms with Gasteiger partial charge in [0.25, 0.3) is 5.91 Å². The monoisotopic (exact) mass is 468 g/mol. The van der Waals surface area contributed by atoms with Crippen molar-refractivity contribution in [2.75, 3.05) is 6.54 Å². The summed E-state index contributed by atoms with van der Waals surface area (Å²) in [6, 6.07) is 5.54. The highest BCUT2D eigenvalue weighted by molar-refractivity contribution is 6.07. The van der Waals surface area contributed by atoms with Crippen molar-refractivity contribution in [1.29, 1.82) is 0 Å². The number of furan rings is 1. The lowest BCUT2D eigenvalue weighted by Crippen LogP contribution is -2.25. The van der Waals surface area contributed by atoms with E-state index in [0.29, 0.717) is 37.2 Å². The molecule has 0 aliphatic carbocycles. The number of H-pyrrole nitrogens is 1. The molecule has 0 bridgehead atoms. The highest BCUT2D eigenvalue weighted by Crippen LogP contribution is 2.28. The van der Waals surface area contributed by atoms with Gasteiger partial charge in [0, 0.05) is 53.8 Å². The number of fused-ring (bicyclic) bond motifs is 3. The zero-order valence-corrected chi connectivity index (χ0v) is 18.3. The van der Waals surface area contributed by atoms with Crippen LogP contribution in [0.1, 0.15) is 23.2 Å². The minimum Gasteiger partial charge on any atom is -0.478 e. The molecule has 3 aromatic heterocycles. The Bertz CT molecular complexity index is 1300. The summed E-state index contributed by atoms with van der Waals surface area (Å²) in [6.45, 7) is 3.02. The number of hydrogen-bond donors (Lipinski definition) is 5. The molecule has 4 aromatic rings. The Morgan fingerprint density at radius 1 is 1.24 bits per heavy atom. The van der Waals surface area contributed by atoms with E-state index in [-0.39, 0.29) is 17.7 Å². The van der Waals surface area contributed by atoms with E-state index in [1.165, 1.54) is 0 Å². The quantitative estimate of drug-likeness (QED) is 0.239. The third kappa shape index (κ3) is 6.29. The van der Waals surface area contributed by atoms with E-state index in [1.54, 1.807) is 24.8 Å². The van der Waals surface area contributed by atoms with Crippen molar-refractivity contribution >= 4 is 39.7 Å². The van der Waals surface area contributed by atoms with E-state index in [9.17, 15) is 14.4 Å². The van der Waals surface area contributed by atoms with Gasteiger partial charge in [0.15, 0.2) is 5.76 Å². The molecule has 0 saturated heterocycles. The predicted molar refractivity (Wildman–Crippen MR) is 122 cm³/mol. The molecule has 1 amide bonds. The number of carboxylic acids is 2. The number of carbonyl (C=O) groups is 3. The molecule has 3 heterocycles. The van der Waals surface area contributed by atoms with Crippen LogP contribution in [0.3, 0.4) is 0 Å². The molecule has 0 radical (unpaired) electrons. The molecular formula is C22H24N6O6. The van der Waals surface area contributed by atoms with Crippen LogP contribution < -0.4 is 11.1 Å². The Balaban J connectivity index is 0.000000350. The topological polar surface area (TPSA) is 189 Å². The molecule has 0 fully saturated rings. The van der Waals surface area contributed by atoms with Crippen molar-refractivity contribution in [2.45, 2.75) is 25.9 Å². The molecule has 178 valence electrons. The number of imidazole rings is 1. The van der Waals surface area contributed by atoms with Crippen LogP contribution >= 0.6 is 0 Å². The molecule has 12 nitrogen and oxygen atoms in total. The minimum absolute atomic E-state index is 0.0227. The number of aliphatic carboxylic acids is 2. The summed E-state index contributed by atoms with van der Waals surface area (Å²) in [7, 11) is 0. The highest BCUT2D eigenvalue weighted by atomic mass is 16.4. The maximum atomic E-state index is 12.4. The lowest BCUT2D eigenvalue weighted by Gasteiger charge is -2.06. The van der Waals surface area contributed by atoms with Gasteiger partial charge in [0.1, 0.15) is 5.58 Å². The van der Waals surface area contributed by atoms with Gasteiger partial charge in [0.2, 0.25) is 0 Å². The largest absolute Gasteiger partial charge is 0.478 e. The van der Waals surface area contributed by atoms with Crippen molar-refractivity contribution in [2.24, 2.45) is 5.73 Å². The number of aromatic amines is 1. The third-order valence-electron chi connectivity index (χ3n) is 4.59. The average molecular weight is 468 g/mol. The number of amides is 1. The van der Waals surface area contributed by atoms with Gasteiger partial charge in [-0.05, 0) is 25.1 Å². The van der Waals surface area contributed by atoms with Crippen molar-refractivity contribution in [3.63, 3.8) is 0 Å². The highest BCUT2D eigenvalue weighted by Gasteiger charge is 2.16. The lowest BCUT2D eigenvalue weighted by atomic mass is 10.2. The van der Waals surface area contributed by atoms with Gasteiger partial charge in [-0.3, -0.25) is 9.48 Å². The summed E-state index contributed by atoms with van der Waals surface area (Å²) < 4.78 is 7.61. The van der Waals surface area contributed by atoms with Gasteiger partial charge >= 0.3 is 11.9 Å². The molecule has 0 unspecified atom stereocenters. The SMILES string of the molecule is C[C@H](N)Cn1ncc2ccc3oc(C(=O)NCCc4cnc[nH]4)cc3c21.O=C(O)/C=C/C(=O)O. The fourth-order valence-corrected chi connectivity index (χ4v) is 3.18. The number of carbonyl (C=O) groups excluding carboxylic acids is 1. The van der Waals surface area contributed by atoms with Gasteiger partial charge in [-0.15, -0.1) is 0 Å². The number of aromatic nitrogens is 4. The van der Waals surface area contributed by atoms with E-state index in [2.05, 4.69) is 20.4 Å². The number of nitrogens with one attached hydrogen (secondary N) is 2. The van der Waals surface area contributed by atoms with Crippen molar-refractivity contribution in [3.05, 3.63) is 60.5 Å². The van der Waals surface area contributed by atoms with E-state index in [1.807, 2.05) is 23.7 Å². The second kappa shape index (κ2) is 10.9. The van der Waals surface area contributed by atoms with Crippen LogP contribution in [-0.4, -0.2) is 60.4 Å². The first-order valence-electron chi connectivity index (χ1n) is 10.3. The van der Waals surface area contributed by atoms with Crippen LogP contribution in [0.15, 0.2) is 53.5 Å². The summed E-state index contributed by atoms with van der Waals surface area (Å²) in [5.74, 6) is -2.47. The first-order chi connectivity index (χ1) is 16.2. The lowest BCUT2D eigenvalue weighted by molar-refractivity contribution is -0.134. The van der Waals surface area contributed by atoms with Gasteiger partial charge in [-0.1, -0.05) is 0 Å². The number of nitrogens with zero attached hydrogens (tertiary/aromatic N) is 3. The van der Waals surface area contributed by atoms with E-state index < -0.39 is 11.9 Å². The van der Waals surface area contributed by atoms with Crippen LogP contribution in [0, 0.1) is 0 Å². The van der Waals surface area contributed by atoms with Crippen LogP contribution in [0.4, 0.5) is 0 Å². The van der Waals surface area contributed by atoms with Crippen LogP contribution in [0.5, 0.6) is 0 Å². The van der Waals surface area contributed by atoms with Gasteiger partial charge in [0.05, 0.1) is 24.6 Å². The summed E-state index contributed by atoms with van der Waals surface area (Å²) in [4.78, 5) is 38.5. The number of hydrogen-bond acceptors (Lipinski definition) is 7. The van der Waals surface area contributed by atoms with Gasteiger partial charge in [-0.2, -0.15) is 5.10 Å². The van der Waals surface area contributed by atoms with Crippen LogP contribution in [-0.2, 0) is 22.6 Å². The fraction of sp³-hybridized carbons (Fsp3) is 0.227. The third-order valence-corrected chi connectivity index (χ3v) is 4.59. The normalized spacial score (nSPS) is 11.9. The number of carboxylic acid groups (broad SMARTS) is 2. The van der Waals surface area contributed by atoms with E-state index >= 15 is 0 Å². The second-order valence-corrected chi connectivity index (χ2v) is 7.42. The Kier molecular flexibility index (Phi) is 7.77. The van der Waals surface area contributed by atoms with Crippen LogP contribution in [0.2, 0.25) is 0 Å². The Morgan fingerprint density at radius 3 is 2.59 bits per heavy atom. The number of nitrogens with two attached hydrogens (primary N) is 1. The molecule has 0 aliphatic rings. The first-order valence-corrected chi connectivity index (χ1v) is 10.3. The number of rotatable bonds is 8. The molecule has 34 heavy (non-hydrogen) atoms. The molecule has 4 rings (SSSR count). The summed E-state index contributed by atoms with van der Waals surface area (Å²) in [5.41, 5.74) is 8.47. The molecular weight excluding hydrogens is 444 g/mol. The fourth-order valence-electron chi connectivity index (χ4n) is 3.18. The predicted octanol–water partition coefficient (Wildman–Crippen LogP) is 1.54. The summed E-state index contributed by atoms with van der Waals surface area (Å²) in [5, 5.41) is 24.7. The average Bonchev–Trinajstić information content (AvgIpc) is 3.51.